The lowest BCUT2D eigenvalue weighted by Crippen LogP contribution is -2.05. The highest BCUT2D eigenvalue weighted by Gasteiger charge is 2.26. The fourth-order valence-electron chi connectivity index (χ4n) is 3.84. The Bertz CT molecular complexity index is 1260. The maximum Gasteiger partial charge on any atom is 0.171 e. The van der Waals surface area contributed by atoms with E-state index in [1.165, 1.54) is 0 Å². The first-order valence-electron chi connectivity index (χ1n) is 9.36. The number of hydrogen-bond donors (Lipinski definition) is 1. The highest BCUT2D eigenvalue weighted by Crippen LogP contribution is 2.37. The van der Waals surface area contributed by atoms with Crippen LogP contribution in [-0.2, 0) is 4.74 Å². The summed E-state index contributed by atoms with van der Waals surface area (Å²) in [7, 11) is 0. The van der Waals surface area contributed by atoms with Crippen molar-refractivity contribution in [2.24, 2.45) is 0 Å². The van der Waals surface area contributed by atoms with E-state index in [1.807, 2.05) is 41.8 Å². The number of aromatic nitrogens is 5. The number of aryl methyl sites for hydroxylation is 1. The minimum absolute atomic E-state index is 0.0268. The van der Waals surface area contributed by atoms with Crippen LogP contribution in [-0.4, -0.2) is 31.3 Å². The third kappa shape index (κ3) is 3.03. The Morgan fingerprint density at radius 1 is 1.31 bits per heavy atom. The second-order valence-electron chi connectivity index (χ2n) is 7.04. The Morgan fingerprint density at radius 3 is 3.00 bits per heavy atom. The van der Waals surface area contributed by atoms with E-state index in [2.05, 4.69) is 37.2 Å². The molecule has 1 aromatic carbocycles. The number of hydrogen-bond acceptors (Lipinski definition) is 5. The summed E-state index contributed by atoms with van der Waals surface area (Å²) in [5, 5.41) is 16.6. The van der Waals surface area contributed by atoms with Crippen LogP contribution in [0.4, 0.5) is 0 Å². The van der Waals surface area contributed by atoms with E-state index in [1.54, 1.807) is 6.33 Å². The number of pyridine rings is 1. The molecule has 1 aliphatic heterocycles. The van der Waals surface area contributed by atoms with E-state index >= 15 is 0 Å². The molecule has 0 radical (unpaired) electrons. The van der Waals surface area contributed by atoms with Gasteiger partial charge in [0, 0.05) is 22.3 Å². The van der Waals surface area contributed by atoms with Gasteiger partial charge < -0.3 is 4.74 Å². The van der Waals surface area contributed by atoms with Gasteiger partial charge in [0.05, 0.1) is 28.4 Å². The number of rotatable bonds is 3. The van der Waals surface area contributed by atoms with Gasteiger partial charge in [-0.15, -0.1) is 0 Å². The quantitative estimate of drug-likeness (QED) is 0.494. The molecule has 7 nitrogen and oxygen atoms in total. The van der Waals surface area contributed by atoms with Crippen molar-refractivity contribution in [2.45, 2.75) is 25.9 Å². The molecule has 4 aromatic rings. The molecular formula is C21H17BrN6O. The average Bonchev–Trinajstić information content (AvgIpc) is 3.47. The number of nitriles is 1. The van der Waals surface area contributed by atoms with E-state index in [-0.39, 0.29) is 6.10 Å². The summed E-state index contributed by atoms with van der Waals surface area (Å²) in [6.45, 7) is 2.64. The summed E-state index contributed by atoms with van der Waals surface area (Å²) in [4.78, 5) is 9.45. The minimum atomic E-state index is -0.0268. The Labute approximate surface area is 175 Å². The molecule has 1 N–H and O–H groups in total. The molecule has 3 aromatic heterocycles. The number of aromatic amines is 1. The zero-order valence-corrected chi connectivity index (χ0v) is 17.3. The van der Waals surface area contributed by atoms with E-state index in [0.717, 1.165) is 63.3 Å². The number of benzene rings is 1. The third-order valence-corrected chi connectivity index (χ3v) is 5.73. The van der Waals surface area contributed by atoms with Gasteiger partial charge in [-0.3, -0.25) is 9.67 Å². The topological polar surface area (TPSA) is 92.4 Å². The second-order valence-corrected chi connectivity index (χ2v) is 7.96. The molecule has 4 heterocycles. The first-order chi connectivity index (χ1) is 14.2. The summed E-state index contributed by atoms with van der Waals surface area (Å²) >= 11 is 3.53. The number of ether oxygens (including phenoxy) is 1. The van der Waals surface area contributed by atoms with Gasteiger partial charge in [0.2, 0.25) is 0 Å². The molecule has 0 saturated carbocycles. The van der Waals surface area contributed by atoms with Crippen LogP contribution in [0.15, 0.2) is 41.1 Å². The van der Waals surface area contributed by atoms with Gasteiger partial charge in [-0.25, -0.2) is 9.97 Å². The van der Waals surface area contributed by atoms with Gasteiger partial charge in [-0.05, 0) is 44.0 Å². The Kier molecular flexibility index (Phi) is 4.42. The predicted octanol–water partition coefficient (Wildman–Crippen LogP) is 4.60. The van der Waals surface area contributed by atoms with Crippen molar-refractivity contribution in [1.82, 2.24) is 24.7 Å². The summed E-state index contributed by atoms with van der Waals surface area (Å²) < 4.78 is 8.85. The fourth-order valence-corrected chi connectivity index (χ4v) is 4.19. The summed E-state index contributed by atoms with van der Waals surface area (Å²) in [5.41, 5.74) is 5.43. The van der Waals surface area contributed by atoms with Crippen LogP contribution >= 0.6 is 15.9 Å². The van der Waals surface area contributed by atoms with Crippen molar-refractivity contribution in [3.8, 4) is 23.1 Å². The van der Waals surface area contributed by atoms with Crippen molar-refractivity contribution in [3.63, 3.8) is 0 Å². The Morgan fingerprint density at radius 2 is 2.21 bits per heavy atom. The Hall–Kier alpha value is -3.02. The number of halogens is 1. The molecule has 1 unspecified atom stereocenters. The molecule has 5 rings (SSSR count). The van der Waals surface area contributed by atoms with E-state index in [9.17, 15) is 5.26 Å². The SMILES string of the molecule is Cc1[nH]nc(C#N)c1-c1nc(-n2cnc3ccc(Br)cc32)ccc1C1CCCO1. The first kappa shape index (κ1) is 18.0. The molecule has 144 valence electrons. The van der Waals surface area contributed by atoms with Crippen LogP contribution in [0.5, 0.6) is 0 Å². The van der Waals surface area contributed by atoms with Gasteiger partial charge in [0.1, 0.15) is 18.2 Å². The molecule has 1 atom stereocenters. The van der Waals surface area contributed by atoms with Crippen molar-refractivity contribution < 1.29 is 4.74 Å². The zero-order chi connectivity index (χ0) is 20.0. The van der Waals surface area contributed by atoms with Crippen LogP contribution in [0.25, 0.3) is 28.1 Å². The fraction of sp³-hybridized carbons (Fsp3) is 0.238. The van der Waals surface area contributed by atoms with Crippen LogP contribution < -0.4 is 0 Å². The summed E-state index contributed by atoms with van der Waals surface area (Å²) in [5.74, 6) is 0.729. The smallest absolute Gasteiger partial charge is 0.171 e. The second kappa shape index (κ2) is 7.10. The number of H-pyrrole nitrogens is 1. The third-order valence-electron chi connectivity index (χ3n) is 5.23. The van der Waals surface area contributed by atoms with Crippen LogP contribution in [0.1, 0.15) is 35.9 Å². The van der Waals surface area contributed by atoms with Gasteiger partial charge in [0.25, 0.3) is 0 Å². The zero-order valence-electron chi connectivity index (χ0n) is 15.7. The van der Waals surface area contributed by atoms with Crippen molar-refractivity contribution in [2.75, 3.05) is 6.61 Å². The standard InChI is InChI=1S/C21H17BrN6O/c1-12-20(16(10-23)27-26-12)21-14(18-3-2-8-29-18)5-7-19(25-21)28-11-24-15-6-4-13(22)9-17(15)28/h4-7,9,11,18H,2-3,8H2,1H3,(H,26,27). The molecule has 8 heteroatoms. The van der Waals surface area contributed by atoms with E-state index < -0.39 is 0 Å². The van der Waals surface area contributed by atoms with E-state index in [4.69, 9.17) is 9.72 Å². The highest BCUT2D eigenvalue weighted by atomic mass is 79.9. The molecule has 1 aliphatic rings. The maximum atomic E-state index is 9.56. The number of nitrogens with one attached hydrogen (secondary N) is 1. The van der Waals surface area contributed by atoms with Crippen LogP contribution in [0.2, 0.25) is 0 Å². The summed E-state index contributed by atoms with van der Waals surface area (Å²) in [6.07, 6.45) is 3.69. The molecule has 0 amide bonds. The van der Waals surface area contributed by atoms with E-state index in [0.29, 0.717) is 5.69 Å². The van der Waals surface area contributed by atoms with Crippen LogP contribution in [0, 0.1) is 18.3 Å². The largest absolute Gasteiger partial charge is 0.373 e. The summed E-state index contributed by atoms with van der Waals surface area (Å²) in [6, 6.07) is 12.1. The molecule has 29 heavy (non-hydrogen) atoms. The maximum absolute atomic E-state index is 9.56. The Balaban J connectivity index is 1.74. The molecule has 1 saturated heterocycles. The first-order valence-corrected chi connectivity index (χ1v) is 10.2. The minimum Gasteiger partial charge on any atom is -0.373 e. The normalized spacial score (nSPS) is 16.4. The number of fused-ring (bicyclic) bond motifs is 1. The van der Waals surface area contributed by atoms with Crippen molar-refractivity contribution in [1.29, 1.82) is 5.26 Å². The highest BCUT2D eigenvalue weighted by molar-refractivity contribution is 9.10. The van der Waals surface area contributed by atoms with Crippen molar-refractivity contribution >= 4 is 27.0 Å². The van der Waals surface area contributed by atoms with Crippen LogP contribution in [0.3, 0.4) is 0 Å². The molecule has 1 fully saturated rings. The monoisotopic (exact) mass is 448 g/mol. The van der Waals surface area contributed by atoms with Gasteiger partial charge in [0.15, 0.2) is 5.69 Å². The van der Waals surface area contributed by atoms with Gasteiger partial charge >= 0.3 is 0 Å². The molecule has 0 bridgehead atoms. The number of imidazole rings is 1. The van der Waals surface area contributed by atoms with Crippen molar-refractivity contribution in [3.05, 3.63) is 58.1 Å². The lowest BCUT2D eigenvalue weighted by Gasteiger charge is -2.16. The van der Waals surface area contributed by atoms with Gasteiger partial charge in [-0.2, -0.15) is 10.4 Å². The average molecular weight is 449 g/mol. The predicted molar refractivity (Wildman–Crippen MR) is 112 cm³/mol. The lowest BCUT2D eigenvalue weighted by atomic mass is 9.98. The molecular weight excluding hydrogens is 432 g/mol. The number of nitrogens with zero attached hydrogens (tertiary/aromatic N) is 5. The molecule has 0 aliphatic carbocycles. The molecule has 0 spiro atoms. The van der Waals surface area contributed by atoms with Gasteiger partial charge in [-0.1, -0.05) is 22.0 Å². The lowest BCUT2D eigenvalue weighted by molar-refractivity contribution is 0.112.